The molecule has 0 radical (unpaired) electrons. The Balaban J connectivity index is 1.42. The fourth-order valence-corrected chi connectivity index (χ4v) is 8.96. The number of ketones is 1. The van der Waals surface area contributed by atoms with E-state index in [0.29, 0.717) is 61.7 Å². The molecule has 2 aliphatic heterocycles. The minimum absolute atomic E-state index is 0.00877. The Morgan fingerprint density at radius 2 is 1.81 bits per heavy atom. The van der Waals surface area contributed by atoms with Crippen LogP contribution in [0.4, 0.5) is 9.18 Å². The first-order valence-corrected chi connectivity index (χ1v) is 18.0. The van der Waals surface area contributed by atoms with Gasteiger partial charge in [-0.15, -0.1) is 0 Å². The topological polar surface area (TPSA) is 127 Å². The fraction of sp³-hybridized carbons (Fsp3) is 0.457. The summed E-state index contributed by atoms with van der Waals surface area (Å²) in [6, 6.07) is 13.7. The molecular weight excluding hydrogens is 659 g/mol. The van der Waals surface area contributed by atoms with Gasteiger partial charge in [0.1, 0.15) is 5.82 Å². The Kier molecular flexibility index (Phi) is 12.2. The van der Waals surface area contributed by atoms with Crippen molar-refractivity contribution in [3.8, 4) is 0 Å². The number of rotatable bonds is 12. The molecule has 1 aromatic heterocycles. The van der Waals surface area contributed by atoms with Gasteiger partial charge in [-0.2, -0.15) is 4.31 Å². The van der Waals surface area contributed by atoms with Gasteiger partial charge in [0.15, 0.2) is 5.78 Å². The van der Waals surface area contributed by atoms with E-state index in [1.165, 1.54) is 17.6 Å². The van der Waals surface area contributed by atoms with Crippen LogP contribution in [0.5, 0.6) is 0 Å². The third-order valence-corrected chi connectivity index (χ3v) is 11.6. The molecule has 5 rings (SSSR count). The number of hydrogen-bond donors (Lipinski definition) is 2. The fourth-order valence-electron chi connectivity index (χ4n) is 6.97. The molecule has 0 aliphatic carbocycles. The first-order valence-electron chi connectivity index (χ1n) is 16.2. The van der Waals surface area contributed by atoms with Crippen molar-refractivity contribution in [2.45, 2.75) is 68.0 Å². The number of benzene rings is 2. The minimum Gasteiger partial charge on any atom is -0.453 e. The highest BCUT2D eigenvalue weighted by Crippen LogP contribution is 2.37. The Morgan fingerprint density at radius 1 is 1.10 bits per heavy atom. The number of halogens is 2. The highest BCUT2D eigenvalue weighted by atomic mass is 35.5. The molecule has 258 valence electrons. The van der Waals surface area contributed by atoms with Crippen LogP contribution in [0.3, 0.4) is 0 Å². The molecule has 2 N–H and O–H groups in total. The number of sulfonamides is 1. The summed E-state index contributed by atoms with van der Waals surface area (Å²) in [6.45, 7) is 3.79. The molecule has 2 fully saturated rings. The predicted octanol–water partition coefficient (Wildman–Crippen LogP) is 4.90. The van der Waals surface area contributed by atoms with Crippen molar-refractivity contribution in [1.29, 1.82) is 0 Å². The number of nitrogens with zero attached hydrogens (tertiary/aromatic N) is 2. The maximum absolute atomic E-state index is 15.5. The van der Waals surface area contributed by atoms with Gasteiger partial charge in [-0.3, -0.25) is 9.78 Å². The highest BCUT2D eigenvalue weighted by molar-refractivity contribution is 7.89. The third-order valence-electron chi connectivity index (χ3n) is 9.31. The van der Waals surface area contributed by atoms with Crippen LogP contribution < -0.4 is 10.6 Å². The summed E-state index contributed by atoms with van der Waals surface area (Å²) < 4.78 is 55.0. The van der Waals surface area contributed by atoms with E-state index in [4.69, 9.17) is 21.1 Å². The van der Waals surface area contributed by atoms with E-state index in [1.807, 2.05) is 19.1 Å². The lowest BCUT2D eigenvalue weighted by Gasteiger charge is -2.40. The number of pyridine rings is 1. The number of carbonyl (C=O) groups excluding carboxylic acids is 2. The molecule has 13 heteroatoms. The second kappa shape index (κ2) is 16.3. The highest BCUT2D eigenvalue weighted by Gasteiger charge is 2.39. The quantitative estimate of drug-likeness (QED) is 0.273. The van der Waals surface area contributed by atoms with Crippen LogP contribution >= 0.6 is 11.6 Å². The van der Waals surface area contributed by atoms with Crippen LogP contribution in [-0.4, -0.2) is 81.1 Å². The van der Waals surface area contributed by atoms with Gasteiger partial charge >= 0.3 is 6.09 Å². The van der Waals surface area contributed by atoms with E-state index in [2.05, 4.69) is 15.6 Å². The van der Waals surface area contributed by atoms with Crippen molar-refractivity contribution in [2.75, 3.05) is 33.4 Å². The van der Waals surface area contributed by atoms with E-state index in [1.54, 1.807) is 42.5 Å². The number of nitrogens with one attached hydrogen (secondary N) is 2. The first kappa shape index (κ1) is 35.9. The van der Waals surface area contributed by atoms with Gasteiger partial charge in [0.2, 0.25) is 10.0 Å². The zero-order valence-corrected chi connectivity index (χ0v) is 28.7. The van der Waals surface area contributed by atoms with Crippen molar-refractivity contribution in [1.82, 2.24) is 19.9 Å². The van der Waals surface area contributed by atoms with Gasteiger partial charge in [-0.05, 0) is 79.5 Å². The van der Waals surface area contributed by atoms with Crippen LogP contribution in [-0.2, 0) is 37.1 Å². The summed E-state index contributed by atoms with van der Waals surface area (Å²) in [5.74, 6) is -1.32. The number of aromatic nitrogens is 1. The Bertz CT molecular complexity index is 1660. The second-order valence-corrected chi connectivity index (χ2v) is 14.7. The molecule has 0 unspecified atom stereocenters. The van der Waals surface area contributed by atoms with E-state index < -0.39 is 39.9 Å². The molecule has 2 aromatic carbocycles. The van der Waals surface area contributed by atoms with Crippen LogP contribution in [0.2, 0.25) is 5.02 Å². The monoisotopic (exact) mass is 700 g/mol. The Morgan fingerprint density at radius 3 is 2.50 bits per heavy atom. The number of Topliss-reactive ketones (excluding diaryl/α,β-unsaturated/α-hetero) is 1. The molecule has 3 heterocycles. The predicted molar refractivity (Wildman–Crippen MR) is 180 cm³/mol. The zero-order valence-electron chi connectivity index (χ0n) is 27.1. The molecule has 2 aliphatic rings. The molecule has 0 saturated carbocycles. The minimum atomic E-state index is -3.81. The van der Waals surface area contributed by atoms with Crippen LogP contribution in [0.25, 0.3) is 0 Å². The van der Waals surface area contributed by atoms with Gasteiger partial charge in [0, 0.05) is 61.9 Å². The number of carbonyl (C=O) groups is 2. The van der Waals surface area contributed by atoms with Crippen molar-refractivity contribution in [3.05, 3.63) is 94.5 Å². The zero-order chi connectivity index (χ0) is 34.3. The molecule has 48 heavy (non-hydrogen) atoms. The van der Waals surface area contributed by atoms with E-state index in [-0.39, 0.29) is 35.5 Å². The summed E-state index contributed by atoms with van der Waals surface area (Å²) in [4.78, 5) is 31.1. The number of methoxy groups -OCH3 is 1. The summed E-state index contributed by atoms with van der Waals surface area (Å²) >= 11 is 6.19. The molecule has 2 saturated heterocycles. The average Bonchev–Trinajstić information content (AvgIpc) is 3.09. The summed E-state index contributed by atoms with van der Waals surface area (Å²) in [5, 5.41) is 6.62. The third kappa shape index (κ3) is 8.41. The largest absolute Gasteiger partial charge is 0.453 e. The molecule has 1 amide bonds. The molecule has 4 atom stereocenters. The van der Waals surface area contributed by atoms with Gasteiger partial charge in [0.25, 0.3) is 0 Å². The van der Waals surface area contributed by atoms with Crippen molar-refractivity contribution in [2.24, 2.45) is 5.92 Å². The summed E-state index contributed by atoms with van der Waals surface area (Å²) in [5.41, 5.74) is 1.50. The number of hydrogen-bond acceptors (Lipinski definition) is 8. The Hall–Kier alpha value is -3.42. The first-order chi connectivity index (χ1) is 23.1. The van der Waals surface area contributed by atoms with Crippen LogP contribution in [0.15, 0.2) is 71.9 Å². The maximum Gasteiger partial charge on any atom is 0.407 e. The molecule has 0 spiro atoms. The van der Waals surface area contributed by atoms with Crippen LogP contribution in [0.1, 0.15) is 48.8 Å². The van der Waals surface area contributed by atoms with Crippen LogP contribution in [0, 0.1) is 11.7 Å². The van der Waals surface area contributed by atoms with E-state index >= 15 is 4.39 Å². The number of amides is 1. The molecular formula is C35H42ClFN4O6S. The molecule has 0 bridgehead atoms. The number of alkyl carbamates (subject to hydrolysis) is 1. The van der Waals surface area contributed by atoms with Crippen molar-refractivity contribution >= 4 is 33.5 Å². The number of ether oxygens (including phenoxy) is 2. The van der Waals surface area contributed by atoms with E-state index in [9.17, 15) is 18.0 Å². The average molecular weight is 701 g/mol. The maximum atomic E-state index is 15.5. The standard InChI is InChI=1S/C35H42ClFN4O6S/c1-23-19-38-21-28(41(23)48(44,45)29-6-4-3-5-7-29)12-13-30-26(20-39-22-31(30)37)18-32(42)34(40-35(43)46-2)33(25-14-16-47-17-15-25)24-8-10-27(36)11-9-24/h3-11,20,22-23,25,28,33-34,38H,12-19,21H2,1-2H3,(H,40,43)/t23-,28+,33+,34-/m1/s1. The smallest absolute Gasteiger partial charge is 0.407 e. The molecule has 10 nitrogen and oxygen atoms in total. The lowest BCUT2D eigenvalue weighted by Crippen LogP contribution is -2.58. The number of piperazine rings is 1. The van der Waals surface area contributed by atoms with Gasteiger partial charge < -0.3 is 20.1 Å². The second-order valence-electron chi connectivity index (χ2n) is 12.4. The summed E-state index contributed by atoms with van der Waals surface area (Å²) in [6.07, 6.45) is 3.47. The molecule has 3 aromatic rings. The van der Waals surface area contributed by atoms with Crippen molar-refractivity contribution < 1.29 is 31.9 Å². The SMILES string of the molecule is COC(=O)N[C@H](C(=O)Cc1cncc(F)c1CC[C@H]1CNC[C@@H](C)N1S(=O)(=O)c1ccccc1)[C@@H](c1ccc(Cl)cc1)C1CCOCC1. The summed E-state index contributed by atoms with van der Waals surface area (Å²) in [7, 11) is -2.58. The van der Waals surface area contributed by atoms with Gasteiger partial charge in [0.05, 0.1) is 24.2 Å². The normalized spacial score (nSPS) is 20.5. The lowest BCUT2D eigenvalue weighted by molar-refractivity contribution is -0.121. The van der Waals surface area contributed by atoms with E-state index in [0.717, 1.165) is 11.8 Å². The van der Waals surface area contributed by atoms with Crippen molar-refractivity contribution in [3.63, 3.8) is 0 Å². The Labute approximate surface area is 286 Å². The lowest BCUT2D eigenvalue weighted by atomic mass is 9.74. The van der Waals surface area contributed by atoms with Gasteiger partial charge in [-0.25, -0.2) is 17.6 Å². The van der Waals surface area contributed by atoms with Gasteiger partial charge in [-0.1, -0.05) is 41.9 Å².